The Balaban J connectivity index is 4.05. The summed E-state index contributed by atoms with van der Waals surface area (Å²) in [7, 11) is 0. The largest absolute Gasteiger partial charge is 0.462 e. The van der Waals surface area contributed by atoms with Gasteiger partial charge in [-0.3, -0.25) is 14.4 Å². The van der Waals surface area contributed by atoms with Crippen molar-refractivity contribution in [2.45, 2.75) is 277 Å². The minimum atomic E-state index is -0.769. The van der Waals surface area contributed by atoms with Gasteiger partial charge in [0.1, 0.15) is 13.2 Å². The first kappa shape index (κ1) is 57.6. The van der Waals surface area contributed by atoms with Gasteiger partial charge in [-0.2, -0.15) is 0 Å². The molecule has 0 saturated carbocycles. The number of hydrogen-bond donors (Lipinski definition) is 0. The zero-order valence-corrected chi connectivity index (χ0v) is 40.0. The van der Waals surface area contributed by atoms with Gasteiger partial charge in [0.15, 0.2) is 6.10 Å². The molecule has 0 amide bonds. The summed E-state index contributed by atoms with van der Waals surface area (Å²) in [5, 5.41) is 0. The van der Waals surface area contributed by atoms with Gasteiger partial charge in [0.25, 0.3) is 0 Å². The van der Waals surface area contributed by atoms with E-state index in [2.05, 4.69) is 57.2 Å². The second kappa shape index (κ2) is 49.3. The third kappa shape index (κ3) is 46.7. The van der Waals surface area contributed by atoms with Crippen LogP contribution in [0.5, 0.6) is 0 Å². The average molecular weight is 843 g/mol. The lowest BCUT2D eigenvalue weighted by Crippen LogP contribution is -2.30. The number of carbonyl (C=O) groups excluding carboxylic acids is 3. The van der Waals surface area contributed by atoms with Crippen LogP contribution in [0.1, 0.15) is 271 Å². The molecule has 0 fully saturated rings. The first-order chi connectivity index (χ1) is 29.5. The van der Waals surface area contributed by atoms with Crippen molar-refractivity contribution in [3.05, 3.63) is 36.5 Å². The lowest BCUT2D eigenvalue weighted by molar-refractivity contribution is -0.167. The lowest BCUT2D eigenvalue weighted by Gasteiger charge is -2.18. The van der Waals surface area contributed by atoms with Crippen molar-refractivity contribution in [3.63, 3.8) is 0 Å². The van der Waals surface area contributed by atoms with E-state index in [0.717, 1.165) is 77.0 Å². The van der Waals surface area contributed by atoms with Crippen molar-refractivity contribution in [2.75, 3.05) is 13.2 Å². The molecule has 60 heavy (non-hydrogen) atoms. The maximum Gasteiger partial charge on any atom is 0.306 e. The molecular weight excluding hydrogens is 745 g/mol. The van der Waals surface area contributed by atoms with E-state index in [9.17, 15) is 14.4 Å². The zero-order valence-electron chi connectivity index (χ0n) is 40.0. The molecule has 0 spiro atoms. The van der Waals surface area contributed by atoms with Gasteiger partial charge >= 0.3 is 17.9 Å². The van der Waals surface area contributed by atoms with E-state index in [-0.39, 0.29) is 31.1 Å². The Kier molecular flexibility index (Phi) is 47.3. The predicted octanol–water partition coefficient (Wildman–Crippen LogP) is 16.9. The van der Waals surface area contributed by atoms with Gasteiger partial charge in [0, 0.05) is 19.3 Å². The van der Waals surface area contributed by atoms with Crippen molar-refractivity contribution < 1.29 is 28.6 Å². The van der Waals surface area contributed by atoms with E-state index in [1.165, 1.54) is 154 Å². The molecule has 0 aliphatic heterocycles. The normalized spacial score (nSPS) is 12.2. The van der Waals surface area contributed by atoms with E-state index in [1.54, 1.807) is 0 Å². The molecule has 350 valence electrons. The Morgan fingerprint density at radius 2 is 0.617 bits per heavy atom. The lowest BCUT2D eigenvalue weighted by atomic mass is 10.0. The standard InChI is InChI=1S/C54H98O6/c1-4-7-10-13-16-18-20-21-22-23-24-25-26-27-28-29-30-31-32-33-35-36-38-41-44-47-53(56)59-50-51(49-58-52(55)46-43-40-15-12-9-6-3)60-54(57)48-45-42-39-37-34-19-17-14-11-8-5-2/h14,17,20-21,23-24,51H,4-13,15-16,18-19,22,25-50H2,1-3H3/b17-14-,21-20-,24-23-. The van der Waals surface area contributed by atoms with Gasteiger partial charge in [0.05, 0.1) is 0 Å². The quantitative estimate of drug-likeness (QED) is 0.0263. The highest BCUT2D eigenvalue weighted by Gasteiger charge is 2.19. The third-order valence-corrected chi connectivity index (χ3v) is 11.4. The fourth-order valence-corrected chi connectivity index (χ4v) is 7.39. The Morgan fingerprint density at radius 3 is 0.983 bits per heavy atom. The Hall–Kier alpha value is -2.37. The Morgan fingerprint density at radius 1 is 0.333 bits per heavy atom. The molecule has 1 atom stereocenters. The summed E-state index contributed by atoms with van der Waals surface area (Å²) in [6.45, 7) is 6.53. The molecule has 0 bridgehead atoms. The van der Waals surface area contributed by atoms with Crippen molar-refractivity contribution in [3.8, 4) is 0 Å². The number of hydrogen-bond acceptors (Lipinski definition) is 6. The highest BCUT2D eigenvalue weighted by atomic mass is 16.6. The summed E-state index contributed by atoms with van der Waals surface area (Å²) < 4.78 is 16.7. The van der Waals surface area contributed by atoms with Gasteiger partial charge in [-0.05, 0) is 70.6 Å². The van der Waals surface area contributed by atoms with Crippen molar-refractivity contribution in [1.82, 2.24) is 0 Å². The summed E-state index contributed by atoms with van der Waals surface area (Å²) >= 11 is 0. The number of allylic oxidation sites excluding steroid dienone is 6. The van der Waals surface area contributed by atoms with Crippen molar-refractivity contribution in [1.29, 1.82) is 0 Å². The molecule has 0 radical (unpaired) electrons. The Bertz CT molecular complexity index is 1020. The van der Waals surface area contributed by atoms with Gasteiger partial charge in [-0.15, -0.1) is 0 Å². The maximum atomic E-state index is 12.7. The fourth-order valence-electron chi connectivity index (χ4n) is 7.39. The van der Waals surface area contributed by atoms with E-state index in [4.69, 9.17) is 14.2 Å². The highest BCUT2D eigenvalue weighted by molar-refractivity contribution is 5.71. The van der Waals surface area contributed by atoms with E-state index < -0.39 is 6.10 Å². The smallest absolute Gasteiger partial charge is 0.306 e. The van der Waals surface area contributed by atoms with E-state index >= 15 is 0 Å². The summed E-state index contributed by atoms with van der Waals surface area (Å²) in [4.78, 5) is 37.6. The minimum Gasteiger partial charge on any atom is -0.462 e. The fraction of sp³-hybridized carbons (Fsp3) is 0.833. The zero-order chi connectivity index (χ0) is 43.7. The van der Waals surface area contributed by atoms with Crippen LogP contribution < -0.4 is 0 Å². The molecule has 0 N–H and O–H groups in total. The third-order valence-electron chi connectivity index (χ3n) is 11.4. The summed E-state index contributed by atoms with van der Waals surface area (Å²) in [5.74, 6) is -0.888. The summed E-state index contributed by atoms with van der Waals surface area (Å²) in [6.07, 6.45) is 57.4. The van der Waals surface area contributed by atoms with Crippen LogP contribution >= 0.6 is 0 Å². The van der Waals surface area contributed by atoms with E-state index in [1.807, 2.05) is 0 Å². The number of ether oxygens (including phenoxy) is 3. The minimum absolute atomic E-state index is 0.0740. The first-order valence-electron chi connectivity index (χ1n) is 26.0. The molecule has 6 heteroatoms. The maximum absolute atomic E-state index is 12.7. The monoisotopic (exact) mass is 843 g/mol. The van der Waals surface area contributed by atoms with Gasteiger partial charge in [-0.1, -0.05) is 218 Å². The van der Waals surface area contributed by atoms with Crippen LogP contribution in [0.2, 0.25) is 0 Å². The summed E-state index contributed by atoms with van der Waals surface area (Å²) in [6, 6.07) is 0. The van der Waals surface area contributed by atoms with Crippen LogP contribution in [0.15, 0.2) is 36.5 Å². The van der Waals surface area contributed by atoms with Crippen molar-refractivity contribution in [2.24, 2.45) is 0 Å². The topological polar surface area (TPSA) is 78.9 Å². The van der Waals surface area contributed by atoms with Crippen LogP contribution in [0, 0.1) is 0 Å². The second-order valence-corrected chi connectivity index (χ2v) is 17.4. The van der Waals surface area contributed by atoms with Crippen LogP contribution in [0.25, 0.3) is 0 Å². The van der Waals surface area contributed by atoms with Crippen molar-refractivity contribution >= 4 is 17.9 Å². The highest BCUT2D eigenvalue weighted by Crippen LogP contribution is 2.15. The molecular formula is C54H98O6. The predicted molar refractivity (Wildman–Crippen MR) is 256 cm³/mol. The molecule has 0 saturated heterocycles. The molecule has 0 rings (SSSR count). The van der Waals surface area contributed by atoms with Crippen LogP contribution in [0.3, 0.4) is 0 Å². The average Bonchev–Trinajstić information content (AvgIpc) is 3.24. The molecule has 0 aromatic rings. The molecule has 1 unspecified atom stereocenters. The second-order valence-electron chi connectivity index (χ2n) is 17.4. The van der Waals surface area contributed by atoms with E-state index in [0.29, 0.717) is 19.3 Å². The van der Waals surface area contributed by atoms with Gasteiger partial charge in [0.2, 0.25) is 0 Å². The van der Waals surface area contributed by atoms with Crippen LogP contribution in [-0.4, -0.2) is 37.2 Å². The number of rotatable bonds is 47. The summed E-state index contributed by atoms with van der Waals surface area (Å²) in [5.41, 5.74) is 0. The number of carbonyl (C=O) groups is 3. The molecule has 0 aromatic carbocycles. The first-order valence-corrected chi connectivity index (χ1v) is 26.0. The van der Waals surface area contributed by atoms with Crippen LogP contribution in [0.4, 0.5) is 0 Å². The van der Waals surface area contributed by atoms with Crippen LogP contribution in [-0.2, 0) is 28.6 Å². The number of esters is 3. The molecule has 6 nitrogen and oxygen atoms in total. The van der Waals surface area contributed by atoms with Gasteiger partial charge < -0.3 is 14.2 Å². The molecule has 0 aliphatic rings. The van der Waals surface area contributed by atoms with Gasteiger partial charge in [-0.25, -0.2) is 0 Å². The Labute approximate surface area is 372 Å². The number of unbranched alkanes of at least 4 members (excludes halogenated alkanes) is 30. The molecule has 0 aromatic heterocycles. The molecule has 0 aliphatic carbocycles. The molecule has 0 heterocycles. The SMILES string of the molecule is CCCC/C=C\CCCCCCCC(=O)OC(COC(=O)CCCCCCCC)COC(=O)CCCCCCCCCCCCCCC/C=C\C/C=C\CCCCCCC.